The van der Waals surface area contributed by atoms with Crippen LogP contribution in [0, 0.1) is 0 Å². The Hall–Kier alpha value is -2.62. The summed E-state index contributed by atoms with van der Waals surface area (Å²) in [5, 5.41) is 3.07. The Morgan fingerprint density at radius 3 is 2.23 bits per heavy atom. The molecule has 0 aliphatic carbocycles. The zero-order valence-electron chi connectivity index (χ0n) is 12.9. The number of amides is 1. The molecule has 0 aliphatic rings. The monoisotopic (exact) mass is 296 g/mol. The summed E-state index contributed by atoms with van der Waals surface area (Å²) in [5.41, 5.74) is 2.59. The lowest BCUT2D eigenvalue weighted by molar-refractivity contribution is -0.128. The van der Waals surface area contributed by atoms with Gasteiger partial charge in [-0.25, -0.2) is 0 Å². The Kier molecular flexibility index (Phi) is 5.31. The second kappa shape index (κ2) is 7.41. The molecule has 0 bridgehead atoms. The number of nitrogens with one attached hydrogen (secondary N) is 1. The van der Waals surface area contributed by atoms with Gasteiger partial charge < -0.3 is 10.2 Å². The highest BCUT2D eigenvalue weighted by molar-refractivity contribution is 5.94. The van der Waals surface area contributed by atoms with E-state index in [9.17, 15) is 9.59 Å². The molecule has 22 heavy (non-hydrogen) atoms. The molecule has 0 radical (unpaired) electrons. The molecule has 0 unspecified atom stereocenters. The number of carbonyl (C=O) groups excluding carboxylic acids is 2. The Bertz CT molecular complexity index is 636. The summed E-state index contributed by atoms with van der Waals surface area (Å²) in [6.07, 6.45) is 0. The van der Waals surface area contributed by atoms with E-state index in [1.165, 1.54) is 6.92 Å². The Morgan fingerprint density at radius 1 is 1.00 bits per heavy atom. The van der Waals surface area contributed by atoms with Crippen molar-refractivity contribution in [3.63, 3.8) is 0 Å². The summed E-state index contributed by atoms with van der Waals surface area (Å²) in [6, 6.07) is 17.0. The molecule has 2 aromatic rings. The molecule has 0 aliphatic heterocycles. The molecular weight excluding hydrogens is 276 g/mol. The van der Waals surface area contributed by atoms with Crippen molar-refractivity contribution < 1.29 is 9.59 Å². The molecule has 2 rings (SSSR count). The highest BCUT2D eigenvalue weighted by Crippen LogP contribution is 2.10. The Morgan fingerprint density at radius 2 is 1.64 bits per heavy atom. The van der Waals surface area contributed by atoms with Gasteiger partial charge in [0, 0.05) is 24.8 Å². The predicted octanol–water partition coefficient (Wildman–Crippen LogP) is 2.96. The van der Waals surface area contributed by atoms with Crippen molar-refractivity contribution in [2.24, 2.45) is 0 Å². The second-order valence-corrected chi connectivity index (χ2v) is 5.22. The fourth-order valence-corrected chi connectivity index (χ4v) is 2.08. The zero-order chi connectivity index (χ0) is 15.9. The number of ketones is 1. The second-order valence-electron chi connectivity index (χ2n) is 5.22. The van der Waals surface area contributed by atoms with E-state index in [2.05, 4.69) is 5.32 Å². The maximum Gasteiger partial charge on any atom is 0.241 e. The lowest BCUT2D eigenvalue weighted by Crippen LogP contribution is -2.31. The van der Waals surface area contributed by atoms with Gasteiger partial charge in [0.15, 0.2) is 5.78 Å². The van der Waals surface area contributed by atoms with Crippen molar-refractivity contribution in [1.29, 1.82) is 0 Å². The fourth-order valence-electron chi connectivity index (χ4n) is 2.08. The molecular formula is C18H20N2O2. The molecule has 1 N–H and O–H groups in total. The van der Waals surface area contributed by atoms with E-state index < -0.39 is 0 Å². The average Bonchev–Trinajstić information content (AvgIpc) is 2.53. The number of Topliss-reactive ketones (excluding diaryl/α,β-unsaturated/α-hetero) is 1. The Labute approximate surface area is 130 Å². The number of benzene rings is 2. The number of hydrogen-bond donors (Lipinski definition) is 1. The van der Waals surface area contributed by atoms with Crippen molar-refractivity contribution in [2.45, 2.75) is 13.5 Å². The van der Waals surface area contributed by atoms with Crippen LogP contribution < -0.4 is 5.32 Å². The number of carbonyl (C=O) groups is 2. The average molecular weight is 296 g/mol. The largest absolute Gasteiger partial charge is 0.376 e. The van der Waals surface area contributed by atoms with Gasteiger partial charge in [-0.15, -0.1) is 0 Å². The first-order chi connectivity index (χ1) is 10.6. The van der Waals surface area contributed by atoms with E-state index in [4.69, 9.17) is 0 Å². The van der Waals surface area contributed by atoms with E-state index >= 15 is 0 Å². The number of hydrogen-bond acceptors (Lipinski definition) is 3. The molecule has 0 saturated heterocycles. The topological polar surface area (TPSA) is 49.4 Å². The van der Waals surface area contributed by atoms with Crippen LogP contribution in [0.1, 0.15) is 22.8 Å². The molecule has 4 nitrogen and oxygen atoms in total. The van der Waals surface area contributed by atoms with Crippen LogP contribution in [0.4, 0.5) is 5.69 Å². The molecule has 0 heterocycles. The van der Waals surface area contributed by atoms with E-state index in [0.29, 0.717) is 12.1 Å². The van der Waals surface area contributed by atoms with Crippen molar-refractivity contribution >= 4 is 17.4 Å². The minimum Gasteiger partial charge on any atom is -0.376 e. The summed E-state index contributed by atoms with van der Waals surface area (Å²) in [4.78, 5) is 25.0. The maximum atomic E-state index is 12.1. The van der Waals surface area contributed by atoms with Crippen LogP contribution >= 0.6 is 0 Å². The third-order valence-electron chi connectivity index (χ3n) is 3.42. The molecule has 4 heteroatoms. The van der Waals surface area contributed by atoms with Crippen LogP contribution in [-0.2, 0) is 11.3 Å². The first-order valence-electron chi connectivity index (χ1n) is 7.19. The summed E-state index contributed by atoms with van der Waals surface area (Å²) >= 11 is 0. The van der Waals surface area contributed by atoms with Gasteiger partial charge in [0.25, 0.3) is 0 Å². The van der Waals surface area contributed by atoms with Gasteiger partial charge >= 0.3 is 0 Å². The van der Waals surface area contributed by atoms with Gasteiger partial charge in [-0.05, 0) is 36.8 Å². The molecule has 0 spiro atoms. The molecule has 0 atom stereocenters. The van der Waals surface area contributed by atoms with Crippen LogP contribution in [0.5, 0.6) is 0 Å². The van der Waals surface area contributed by atoms with Gasteiger partial charge in [-0.2, -0.15) is 0 Å². The highest BCUT2D eigenvalue weighted by atomic mass is 16.2. The first-order valence-corrected chi connectivity index (χ1v) is 7.19. The smallest absolute Gasteiger partial charge is 0.241 e. The number of nitrogens with zero attached hydrogens (tertiary/aromatic N) is 1. The summed E-state index contributed by atoms with van der Waals surface area (Å²) in [6.45, 7) is 2.35. The molecule has 0 fully saturated rings. The van der Waals surface area contributed by atoms with Gasteiger partial charge in [0.1, 0.15) is 0 Å². The van der Waals surface area contributed by atoms with E-state index in [1.807, 2.05) is 30.3 Å². The van der Waals surface area contributed by atoms with Crippen molar-refractivity contribution in [2.75, 3.05) is 18.9 Å². The van der Waals surface area contributed by atoms with E-state index in [-0.39, 0.29) is 18.2 Å². The Balaban J connectivity index is 1.85. The number of anilines is 1. The minimum atomic E-state index is 0.0134. The number of rotatable bonds is 6. The van der Waals surface area contributed by atoms with Crippen LogP contribution in [-0.4, -0.2) is 30.2 Å². The molecule has 2 aromatic carbocycles. The van der Waals surface area contributed by atoms with Crippen LogP contribution in [0.3, 0.4) is 0 Å². The maximum absolute atomic E-state index is 12.1. The van der Waals surface area contributed by atoms with Crippen molar-refractivity contribution in [3.05, 3.63) is 65.7 Å². The third kappa shape index (κ3) is 4.45. The van der Waals surface area contributed by atoms with Gasteiger partial charge in [0.2, 0.25) is 5.91 Å². The molecule has 114 valence electrons. The van der Waals surface area contributed by atoms with E-state index in [0.717, 1.165) is 11.3 Å². The van der Waals surface area contributed by atoms with E-state index in [1.54, 1.807) is 36.2 Å². The highest BCUT2D eigenvalue weighted by Gasteiger charge is 2.09. The summed E-state index contributed by atoms with van der Waals surface area (Å²) in [5.74, 6) is 0.0460. The van der Waals surface area contributed by atoms with Crippen molar-refractivity contribution in [3.8, 4) is 0 Å². The molecule has 1 amide bonds. The van der Waals surface area contributed by atoms with Crippen LogP contribution in [0.15, 0.2) is 54.6 Å². The first kappa shape index (κ1) is 15.8. The molecule has 0 aromatic heterocycles. The summed E-state index contributed by atoms with van der Waals surface area (Å²) < 4.78 is 0. The third-order valence-corrected chi connectivity index (χ3v) is 3.42. The molecule has 0 saturated carbocycles. The summed E-state index contributed by atoms with van der Waals surface area (Å²) in [7, 11) is 1.79. The van der Waals surface area contributed by atoms with Gasteiger partial charge in [-0.1, -0.05) is 30.3 Å². The normalized spacial score (nSPS) is 10.1. The van der Waals surface area contributed by atoms with Crippen LogP contribution in [0.2, 0.25) is 0 Å². The minimum absolute atomic E-state index is 0.0134. The van der Waals surface area contributed by atoms with Crippen LogP contribution in [0.25, 0.3) is 0 Å². The van der Waals surface area contributed by atoms with Crippen molar-refractivity contribution in [1.82, 2.24) is 4.90 Å². The fraction of sp³-hybridized carbons (Fsp3) is 0.222. The predicted molar refractivity (Wildman–Crippen MR) is 87.9 cm³/mol. The van der Waals surface area contributed by atoms with Gasteiger partial charge in [-0.3, -0.25) is 9.59 Å². The SMILES string of the molecule is CC(=O)c1ccc(NCC(=O)N(C)Cc2ccccc2)cc1. The lowest BCUT2D eigenvalue weighted by Gasteiger charge is -2.18. The standard InChI is InChI=1S/C18H20N2O2/c1-14(21)16-8-10-17(11-9-16)19-12-18(22)20(2)13-15-6-4-3-5-7-15/h3-11,19H,12-13H2,1-2H3. The zero-order valence-corrected chi connectivity index (χ0v) is 12.9. The number of likely N-dealkylation sites (N-methyl/N-ethyl adjacent to an activating group) is 1. The quantitative estimate of drug-likeness (QED) is 0.834. The van der Waals surface area contributed by atoms with Gasteiger partial charge in [0.05, 0.1) is 6.54 Å². The lowest BCUT2D eigenvalue weighted by atomic mass is 10.1.